The molecule has 0 radical (unpaired) electrons. The number of amides is 1. The number of rotatable bonds is 7. The van der Waals surface area contributed by atoms with E-state index in [2.05, 4.69) is 30.6 Å². The van der Waals surface area contributed by atoms with E-state index in [9.17, 15) is 17.6 Å². The lowest BCUT2D eigenvalue weighted by Crippen LogP contribution is -2.14. The molecule has 0 aliphatic carbocycles. The number of hydrogen-bond donors (Lipinski definition) is 2. The standard InChI is InChI=1S/C26H19FN6O4S/c1-38(35,36)26-33-22(23(37-26)16-4-6-18(27)7-5-16)24(34)30-19-8-10-20(11-9-19)31-25-29-14-12-21(32-25)17-3-2-13-28-15-17/h2-15H,1H3,(H,30,34)(H,29,31,32). The van der Waals surface area contributed by atoms with Crippen LogP contribution in [0.25, 0.3) is 22.6 Å². The highest BCUT2D eigenvalue weighted by molar-refractivity contribution is 7.90. The third-order valence-corrected chi connectivity index (χ3v) is 6.07. The van der Waals surface area contributed by atoms with E-state index in [0.717, 1.165) is 11.8 Å². The van der Waals surface area contributed by atoms with Gasteiger partial charge in [-0.2, -0.15) is 4.98 Å². The summed E-state index contributed by atoms with van der Waals surface area (Å²) in [7, 11) is -3.84. The van der Waals surface area contributed by atoms with E-state index >= 15 is 0 Å². The van der Waals surface area contributed by atoms with Gasteiger partial charge in [-0.25, -0.2) is 22.8 Å². The van der Waals surface area contributed by atoms with Gasteiger partial charge in [0.15, 0.2) is 11.5 Å². The van der Waals surface area contributed by atoms with Gasteiger partial charge >= 0.3 is 5.22 Å². The fourth-order valence-corrected chi connectivity index (χ4v) is 3.95. The van der Waals surface area contributed by atoms with Crippen LogP contribution in [0, 0.1) is 5.82 Å². The summed E-state index contributed by atoms with van der Waals surface area (Å²) < 4.78 is 42.7. The monoisotopic (exact) mass is 530 g/mol. The van der Waals surface area contributed by atoms with Crippen molar-refractivity contribution < 1.29 is 22.0 Å². The van der Waals surface area contributed by atoms with Crippen LogP contribution in [0.3, 0.4) is 0 Å². The number of anilines is 3. The molecule has 2 aromatic carbocycles. The summed E-state index contributed by atoms with van der Waals surface area (Å²) in [6, 6.07) is 17.3. The van der Waals surface area contributed by atoms with Gasteiger partial charge in [0.05, 0.1) is 5.69 Å². The molecule has 38 heavy (non-hydrogen) atoms. The molecule has 0 spiro atoms. The van der Waals surface area contributed by atoms with E-state index in [-0.39, 0.29) is 11.5 Å². The molecule has 12 heteroatoms. The minimum atomic E-state index is -3.84. The Balaban J connectivity index is 1.34. The van der Waals surface area contributed by atoms with Crippen LogP contribution < -0.4 is 10.6 Å². The van der Waals surface area contributed by atoms with Crippen molar-refractivity contribution in [3.63, 3.8) is 0 Å². The van der Waals surface area contributed by atoms with E-state index in [1.807, 2.05) is 12.1 Å². The number of nitrogens with zero attached hydrogens (tertiary/aromatic N) is 4. The van der Waals surface area contributed by atoms with Crippen LogP contribution in [0.2, 0.25) is 0 Å². The highest BCUT2D eigenvalue weighted by Crippen LogP contribution is 2.28. The predicted octanol–water partition coefficient (Wildman–Crippen LogP) is 4.73. The van der Waals surface area contributed by atoms with E-state index in [4.69, 9.17) is 4.42 Å². The summed E-state index contributed by atoms with van der Waals surface area (Å²) in [5.41, 5.74) is 2.69. The average molecular weight is 531 g/mol. The van der Waals surface area contributed by atoms with E-state index in [0.29, 0.717) is 28.6 Å². The van der Waals surface area contributed by atoms with Gasteiger partial charge in [-0.15, -0.1) is 0 Å². The third-order valence-electron chi connectivity index (χ3n) is 5.26. The van der Waals surface area contributed by atoms with Crippen LogP contribution in [-0.2, 0) is 9.84 Å². The molecular formula is C26H19FN6O4S. The largest absolute Gasteiger partial charge is 0.427 e. The van der Waals surface area contributed by atoms with Crippen molar-refractivity contribution >= 4 is 33.1 Å². The van der Waals surface area contributed by atoms with E-state index in [1.54, 1.807) is 48.9 Å². The van der Waals surface area contributed by atoms with Gasteiger partial charge in [0.1, 0.15) is 5.82 Å². The Hall–Kier alpha value is -4.97. The number of benzene rings is 2. The van der Waals surface area contributed by atoms with Crippen molar-refractivity contribution in [2.45, 2.75) is 5.22 Å². The Kier molecular flexibility index (Phi) is 6.62. The molecule has 1 amide bonds. The lowest BCUT2D eigenvalue weighted by molar-refractivity contribution is 0.102. The third kappa shape index (κ3) is 5.55. The van der Waals surface area contributed by atoms with Crippen molar-refractivity contribution in [1.29, 1.82) is 0 Å². The normalized spacial score (nSPS) is 11.2. The Labute approximate surface area is 216 Å². The van der Waals surface area contributed by atoms with Crippen molar-refractivity contribution in [1.82, 2.24) is 19.9 Å². The predicted molar refractivity (Wildman–Crippen MR) is 138 cm³/mol. The molecule has 190 valence electrons. The zero-order valence-electron chi connectivity index (χ0n) is 19.8. The van der Waals surface area contributed by atoms with Gasteiger partial charge in [0, 0.05) is 47.3 Å². The van der Waals surface area contributed by atoms with Gasteiger partial charge in [-0.3, -0.25) is 9.78 Å². The SMILES string of the molecule is CS(=O)(=O)c1nc(C(=O)Nc2ccc(Nc3nccc(-c4cccnc4)n3)cc2)c(-c2ccc(F)cc2)o1. The Morgan fingerprint density at radius 1 is 0.895 bits per heavy atom. The highest BCUT2D eigenvalue weighted by Gasteiger charge is 2.26. The highest BCUT2D eigenvalue weighted by atomic mass is 32.2. The molecule has 0 aliphatic rings. The summed E-state index contributed by atoms with van der Waals surface area (Å²) in [5.74, 6) is -0.906. The zero-order chi connectivity index (χ0) is 26.7. The molecule has 5 aromatic rings. The molecule has 0 fully saturated rings. The number of oxazole rings is 1. The number of pyridine rings is 1. The van der Waals surface area contributed by atoms with Gasteiger partial charge in [0.25, 0.3) is 5.91 Å². The molecule has 0 unspecified atom stereocenters. The summed E-state index contributed by atoms with van der Waals surface area (Å²) in [4.78, 5) is 29.7. The number of hydrogen-bond acceptors (Lipinski definition) is 9. The lowest BCUT2D eigenvalue weighted by atomic mass is 10.1. The van der Waals surface area contributed by atoms with E-state index in [1.165, 1.54) is 24.3 Å². The second-order valence-corrected chi connectivity index (χ2v) is 9.99. The van der Waals surface area contributed by atoms with Gasteiger partial charge < -0.3 is 15.1 Å². The molecule has 0 aliphatic heterocycles. The number of carbonyl (C=O) groups is 1. The number of carbonyl (C=O) groups excluding carboxylic acids is 1. The summed E-state index contributed by atoms with van der Waals surface area (Å²) in [6.45, 7) is 0. The number of sulfone groups is 1. The first-order chi connectivity index (χ1) is 18.3. The van der Waals surface area contributed by atoms with Crippen molar-refractivity contribution in [3.8, 4) is 22.6 Å². The minimum absolute atomic E-state index is 0.0909. The zero-order valence-corrected chi connectivity index (χ0v) is 20.6. The molecule has 0 saturated heterocycles. The summed E-state index contributed by atoms with van der Waals surface area (Å²) in [6.07, 6.45) is 5.93. The second-order valence-electron chi connectivity index (χ2n) is 8.10. The molecule has 3 heterocycles. The van der Waals surface area contributed by atoms with Crippen molar-refractivity contribution in [2.75, 3.05) is 16.9 Å². The fourth-order valence-electron chi connectivity index (χ4n) is 3.46. The van der Waals surface area contributed by atoms with Crippen LogP contribution in [0.5, 0.6) is 0 Å². The lowest BCUT2D eigenvalue weighted by Gasteiger charge is -2.08. The Morgan fingerprint density at radius 2 is 1.63 bits per heavy atom. The van der Waals surface area contributed by atoms with Crippen LogP contribution in [0.15, 0.2) is 95.0 Å². The smallest absolute Gasteiger partial charge is 0.315 e. The molecule has 0 saturated carbocycles. The van der Waals surface area contributed by atoms with E-state index < -0.39 is 26.8 Å². The summed E-state index contributed by atoms with van der Waals surface area (Å²) >= 11 is 0. The topological polar surface area (TPSA) is 140 Å². The van der Waals surface area contributed by atoms with Crippen molar-refractivity contribution in [3.05, 3.63) is 96.8 Å². The maximum atomic E-state index is 13.4. The van der Waals surface area contributed by atoms with Gasteiger partial charge in [-0.1, -0.05) is 0 Å². The maximum Gasteiger partial charge on any atom is 0.315 e. The summed E-state index contributed by atoms with van der Waals surface area (Å²) in [5, 5.41) is 5.16. The van der Waals surface area contributed by atoms with Crippen LogP contribution in [0.4, 0.5) is 21.7 Å². The second kappa shape index (κ2) is 10.2. The van der Waals surface area contributed by atoms with Crippen LogP contribution >= 0.6 is 0 Å². The minimum Gasteiger partial charge on any atom is -0.427 e. The van der Waals surface area contributed by atoms with Crippen LogP contribution in [-0.4, -0.2) is 40.5 Å². The molecule has 5 rings (SSSR count). The first kappa shape index (κ1) is 24.7. The first-order valence-electron chi connectivity index (χ1n) is 11.1. The molecule has 3 aromatic heterocycles. The molecule has 0 atom stereocenters. The molecular weight excluding hydrogens is 511 g/mol. The first-order valence-corrected chi connectivity index (χ1v) is 13.0. The number of aromatic nitrogens is 4. The number of halogens is 1. The number of nitrogens with one attached hydrogen (secondary N) is 2. The van der Waals surface area contributed by atoms with Crippen molar-refractivity contribution in [2.24, 2.45) is 0 Å². The van der Waals surface area contributed by atoms with Gasteiger partial charge in [0.2, 0.25) is 15.8 Å². The van der Waals surface area contributed by atoms with Crippen LogP contribution in [0.1, 0.15) is 10.5 Å². The molecule has 2 N–H and O–H groups in total. The quantitative estimate of drug-likeness (QED) is 0.305. The maximum absolute atomic E-state index is 13.4. The van der Waals surface area contributed by atoms with Gasteiger partial charge in [-0.05, 0) is 66.7 Å². The fraction of sp³-hybridized carbons (Fsp3) is 0.0385. The average Bonchev–Trinajstić information content (AvgIpc) is 3.38. The molecule has 0 bridgehead atoms. The molecule has 10 nitrogen and oxygen atoms in total. The Bertz CT molecular complexity index is 1710. The Morgan fingerprint density at radius 3 is 2.32 bits per heavy atom.